The predicted molar refractivity (Wildman–Crippen MR) is 67.3 cm³/mol. The summed E-state index contributed by atoms with van der Waals surface area (Å²) in [5.74, 6) is 0.198. The monoisotopic (exact) mass is 247 g/mol. The van der Waals surface area contributed by atoms with Crippen LogP contribution in [0.2, 0.25) is 0 Å². The maximum absolute atomic E-state index is 11.8. The number of hydrogen-bond donors (Lipinski definition) is 1. The summed E-state index contributed by atoms with van der Waals surface area (Å²) in [5.41, 5.74) is 0.997. The van der Waals surface area contributed by atoms with Gasteiger partial charge in [-0.25, -0.2) is 0 Å². The highest BCUT2D eigenvalue weighted by molar-refractivity contribution is 5.88. The molecule has 96 valence electrons. The van der Waals surface area contributed by atoms with Gasteiger partial charge in [0.25, 0.3) is 0 Å². The number of aromatic hydroxyl groups is 1. The van der Waals surface area contributed by atoms with Crippen LogP contribution in [0.1, 0.15) is 31.7 Å². The van der Waals surface area contributed by atoms with Crippen molar-refractivity contribution in [2.45, 2.75) is 32.2 Å². The van der Waals surface area contributed by atoms with Gasteiger partial charge in [-0.1, -0.05) is 12.1 Å². The number of ketones is 1. The number of carbonyl (C=O) groups excluding carboxylic acids is 2. The fraction of sp³-hybridized carbons (Fsp3) is 0.429. The highest BCUT2D eigenvalue weighted by atomic mass is 16.3. The Hall–Kier alpha value is -1.84. The third-order valence-corrected chi connectivity index (χ3v) is 3.54. The van der Waals surface area contributed by atoms with Gasteiger partial charge in [0.05, 0.1) is 6.04 Å². The predicted octanol–water partition coefficient (Wildman–Crippen LogP) is 1.69. The van der Waals surface area contributed by atoms with Crippen molar-refractivity contribution >= 4 is 11.7 Å². The Balaban J connectivity index is 2.30. The van der Waals surface area contributed by atoms with Crippen molar-refractivity contribution in [1.82, 2.24) is 4.90 Å². The van der Waals surface area contributed by atoms with Crippen molar-refractivity contribution in [3.63, 3.8) is 0 Å². The molecule has 0 saturated carbocycles. The highest BCUT2D eigenvalue weighted by Crippen LogP contribution is 2.34. The van der Waals surface area contributed by atoms with Crippen LogP contribution in [0.25, 0.3) is 0 Å². The smallest absolute Gasteiger partial charge is 0.220 e. The molecule has 1 N–H and O–H groups in total. The van der Waals surface area contributed by atoms with Crippen LogP contribution >= 0.6 is 0 Å². The molecule has 0 bridgehead atoms. The number of phenols is 1. The Labute approximate surface area is 106 Å². The number of benzene rings is 1. The summed E-state index contributed by atoms with van der Waals surface area (Å²) in [7, 11) is 0. The van der Waals surface area contributed by atoms with E-state index in [1.54, 1.807) is 17.0 Å². The van der Waals surface area contributed by atoms with E-state index in [0.29, 0.717) is 6.54 Å². The van der Waals surface area contributed by atoms with E-state index in [9.17, 15) is 14.7 Å². The number of amides is 1. The topological polar surface area (TPSA) is 57.6 Å². The minimum Gasteiger partial charge on any atom is -0.508 e. The zero-order valence-electron chi connectivity index (χ0n) is 10.6. The number of nitrogens with zero attached hydrogens (tertiary/aromatic N) is 1. The van der Waals surface area contributed by atoms with Crippen LogP contribution in [0.5, 0.6) is 5.75 Å². The Morgan fingerprint density at radius 3 is 2.33 bits per heavy atom. The largest absolute Gasteiger partial charge is 0.508 e. The fourth-order valence-electron chi connectivity index (χ4n) is 2.72. The molecule has 18 heavy (non-hydrogen) atoms. The lowest BCUT2D eigenvalue weighted by atomic mass is 9.89. The van der Waals surface area contributed by atoms with Crippen LogP contribution in [0.3, 0.4) is 0 Å². The molecule has 1 amide bonds. The van der Waals surface area contributed by atoms with Gasteiger partial charge >= 0.3 is 0 Å². The number of likely N-dealkylation sites (tertiary alicyclic amines) is 1. The molecular formula is C14H17NO3. The van der Waals surface area contributed by atoms with Gasteiger partial charge in [-0.2, -0.15) is 0 Å². The third kappa shape index (κ3) is 2.23. The van der Waals surface area contributed by atoms with E-state index < -0.39 is 0 Å². The Morgan fingerprint density at radius 2 is 1.83 bits per heavy atom. The second-order valence-corrected chi connectivity index (χ2v) is 4.75. The van der Waals surface area contributed by atoms with Crippen LogP contribution in [-0.4, -0.2) is 34.3 Å². The molecule has 1 aromatic rings. The number of Topliss-reactive ketones (excluding diaryl/α,β-unsaturated/α-hetero) is 1. The van der Waals surface area contributed by atoms with Crippen LogP contribution in [0.4, 0.5) is 0 Å². The first-order valence-corrected chi connectivity index (χ1v) is 6.07. The van der Waals surface area contributed by atoms with Gasteiger partial charge in [-0.15, -0.1) is 0 Å². The van der Waals surface area contributed by atoms with Gasteiger partial charge in [-0.3, -0.25) is 9.59 Å². The van der Waals surface area contributed by atoms with E-state index in [1.807, 2.05) is 12.1 Å². The zero-order chi connectivity index (χ0) is 13.3. The van der Waals surface area contributed by atoms with Crippen molar-refractivity contribution in [2.75, 3.05) is 6.54 Å². The van der Waals surface area contributed by atoms with Crippen LogP contribution in [0.15, 0.2) is 24.3 Å². The maximum Gasteiger partial charge on any atom is 0.220 e. The molecule has 1 fully saturated rings. The quantitative estimate of drug-likeness (QED) is 0.865. The molecule has 0 radical (unpaired) electrons. The Kier molecular flexibility index (Phi) is 3.36. The average Bonchev–Trinajstić information content (AvgIpc) is 2.74. The molecule has 0 aliphatic carbocycles. The summed E-state index contributed by atoms with van der Waals surface area (Å²) in [5, 5.41) is 9.28. The van der Waals surface area contributed by atoms with Gasteiger partial charge in [0.1, 0.15) is 5.75 Å². The summed E-state index contributed by atoms with van der Waals surface area (Å²) in [4.78, 5) is 24.9. The van der Waals surface area contributed by atoms with Gasteiger partial charge in [0.2, 0.25) is 5.91 Å². The van der Waals surface area contributed by atoms with E-state index in [0.717, 1.165) is 12.0 Å². The molecule has 2 unspecified atom stereocenters. The lowest BCUT2D eigenvalue weighted by molar-refractivity contribution is -0.135. The van der Waals surface area contributed by atoms with Crippen molar-refractivity contribution in [3.05, 3.63) is 29.8 Å². The second-order valence-electron chi connectivity index (χ2n) is 4.75. The number of phenolic OH excluding ortho intramolecular Hbond substituents is 1. The van der Waals surface area contributed by atoms with Crippen LogP contribution < -0.4 is 0 Å². The van der Waals surface area contributed by atoms with E-state index in [1.165, 1.54) is 13.8 Å². The summed E-state index contributed by atoms with van der Waals surface area (Å²) in [6.45, 7) is 3.64. The molecule has 1 heterocycles. The molecular weight excluding hydrogens is 230 g/mol. The Morgan fingerprint density at radius 1 is 1.22 bits per heavy atom. The van der Waals surface area contributed by atoms with Crippen molar-refractivity contribution in [3.8, 4) is 5.75 Å². The van der Waals surface area contributed by atoms with Crippen molar-refractivity contribution < 1.29 is 14.7 Å². The zero-order valence-corrected chi connectivity index (χ0v) is 10.6. The standard InChI is InChI=1S/C14H17NO3/c1-9(16)14-13(7-8-15(14)10(2)17)11-3-5-12(18)6-4-11/h3-6,13-14,18H,7-8H2,1-2H3. The molecule has 4 heteroatoms. The van der Waals surface area contributed by atoms with Crippen LogP contribution in [-0.2, 0) is 9.59 Å². The van der Waals surface area contributed by atoms with E-state index >= 15 is 0 Å². The van der Waals surface area contributed by atoms with Gasteiger partial charge < -0.3 is 10.0 Å². The first-order valence-electron chi connectivity index (χ1n) is 6.07. The summed E-state index contributed by atoms with van der Waals surface area (Å²) < 4.78 is 0. The molecule has 1 aliphatic rings. The van der Waals surface area contributed by atoms with E-state index in [4.69, 9.17) is 0 Å². The number of carbonyl (C=O) groups is 2. The molecule has 1 saturated heterocycles. The normalized spacial score (nSPS) is 23.1. The molecule has 1 aliphatic heterocycles. The lowest BCUT2D eigenvalue weighted by Crippen LogP contribution is -2.40. The summed E-state index contributed by atoms with van der Waals surface area (Å²) >= 11 is 0. The SMILES string of the molecule is CC(=O)C1C(c2ccc(O)cc2)CCN1C(C)=O. The number of hydrogen-bond acceptors (Lipinski definition) is 3. The minimum absolute atomic E-state index is 0.0146. The van der Waals surface area contributed by atoms with Gasteiger partial charge in [-0.05, 0) is 31.0 Å². The van der Waals surface area contributed by atoms with Gasteiger partial charge in [0, 0.05) is 19.4 Å². The maximum atomic E-state index is 11.8. The molecule has 2 rings (SSSR count). The van der Waals surface area contributed by atoms with Crippen molar-refractivity contribution in [1.29, 1.82) is 0 Å². The first kappa shape index (κ1) is 12.6. The average molecular weight is 247 g/mol. The Bertz CT molecular complexity index is 466. The van der Waals surface area contributed by atoms with E-state index in [-0.39, 0.29) is 29.4 Å². The second kappa shape index (κ2) is 4.80. The molecule has 0 aromatic heterocycles. The molecule has 4 nitrogen and oxygen atoms in total. The first-order chi connectivity index (χ1) is 8.50. The summed E-state index contributed by atoms with van der Waals surface area (Å²) in [6, 6.07) is 6.50. The number of rotatable bonds is 2. The van der Waals surface area contributed by atoms with Crippen LogP contribution in [0, 0.1) is 0 Å². The molecule has 0 spiro atoms. The third-order valence-electron chi connectivity index (χ3n) is 3.54. The summed E-state index contributed by atoms with van der Waals surface area (Å²) in [6.07, 6.45) is 0.786. The molecule has 1 aromatic carbocycles. The molecule has 2 atom stereocenters. The van der Waals surface area contributed by atoms with Crippen molar-refractivity contribution in [2.24, 2.45) is 0 Å². The van der Waals surface area contributed by atoms with E-state index in [2.05, 4.69) is 0 Å². The fourth-order valence-corrected chi connectivity index (χ4v) is 2.72. The minimum atomic E-state index is -0.368. The van der Waals surface area contributed by atoms with Gasteiger partial charge in [0.15, 0.2) is 5.78 Å². The highest BCUT2D eigenvalue weighted by Gasteiger charge is 2.39. The lowest BCUT2D eigenvalue weighted by Gasteiger charge is -2.25.